The zero-order valence-corrected chi connectivity index (χ0v) is 50.6. The molecule has 0 amide bonds. The van der Waals surface area contributed by atoms with Gasteiger partial charge in [-0.25, -0.2) is 0 Å². The van der Waals surface area contributed by atoms with E-state index in [2.05, 4.69) is 100 Å². The van der Waals surface area contributed by atoms with Gasteiger partial charge >= 0.3 is 0 Å². The first kappa shape index (κ1) is 64.5. The van der Waals surface area contributed by atoms with Crippen molar-refractivity contribution in [3.8, 4) is 52.2 Å². The molecule has 0 aromatic carbocycles. The molecule has 10 rings (SSSR count). The first-order valence-electron chi connectivity index (χ1n) is 24.3. The fraction of sp³-hybridized carbons (Fsp3) is 0.310. The van der Waals surface area contributed by atoms with Crippen LogP contribution >= 0.6 is 103 Å². The van der Waals surface area contributed by atoms with E-state index in [1.165, 1.54) is 73.2 Å². The van der Waals surface area contributed by atoms with E-state index in [-0.39, 0.29) is 5.13 Å². The third-order valence-electron chi connectivity index (χ3n) is 8.59. The molecule has 70 heavy (non-hydrogen) atoms. The molecule has 12 heteroatoms. The van der Waals surface area contributed by atoms with Crippen molar-refractivity contribution in [2.24, 2.45) is 0 Å². The molecule has 0 spiro atoms. The Kier molecular flexibility index (Phi) is 38.7. The zero-order valence-electron chi connectivity index (χ0n) is 43.2. The number of hydrogen-bond donors (Lipinski definition) is 1. The standard InChI is InChI=1S/C14H18S2.C9H8OS.C9H8S3.C8H5FS2.C8H6OS.5C2H6/c1-2-3-4-5-7-13-10-12(11-16-13)14-8-6-9-15-14;1-7-5-8(6-10-7)9-3-2-4-11-9;10-5-8-4-7(6-12-8)9-2-1-3-11-9;9-8-4-6(5-11-8)7-2-1-3-10-7;1-2-8(10-5-1)7-3-4-9-6-7;5*1-2/h6,8-11H,2-5,7H2,1H3;2-6H,1H3;1-4,6,10H,5H2;1-5H;1-6H;5*1-2H3. The maximum absolute atomic E-state index is 12.5. The van der Waals surface area contributed by atoms with Gasteiger partial charge in [-0.2, -0.15) is 17.0 Å². The fourth-order valence-electron chi connectivity index (χ4n) is 5.59. The second-order valence-electron chi connectivity index (χ2n) is 13.1. The van der Waals surface area contributed by atoms with Crippen molar-refractivity contribution >= 4 is 103 Å². The minimum atomic E-state index is -0.117. The molecule has 0 N–H and O–H groups in total. The summed E-state index contributed by atoms with van der Waals surface area (Å²) in [6, 6.07) is 30.9. The SMILES string of the molecule is CC.CC.CC.CC.CC.CCCCCCc1cc(-c2cccs2)cs1.Cc1cc(-c2cccs2)co1.Fc1cc(-c2cccs2)cs1.SCc1cc(-c2cccs2)cs1.c1csc(-c2ccoc2)c1. The van der Waals surface area contributed by atoms with E-state index in [0.717, 1.165) is 38.9 Å². The van der Waals surface area contributed by atoms with E-state index in [9.17, 15) is 4.39 Å². The number of hydrogen-bond acceptors (Lipinski definition) is 11. The molecule has 0 saturated carbocycles. The van der Waals surface area contributed by atoms with Gasteiger partial charge in [-0.15, -0.1) is 90.7 Å². The van der Waals surface area contributed by atoms with E-state index in [4.69, 9.17) is 8.83 Å². The number of furan rings is 2. The van der Waals surface area contributed by atoms with Gasteiger partial charge in [0.05, 0.1) is 18.8 Å². The number of halogens is 1. The third-order valence-corrected chi connectivity index (χ3v) is 16.4. The highest BCUT2D eigenvalue weighted by Crippen LogP contribution is 2.32. The summed E-state index contributed by atoms with van der Waals surface area (Å²) < 4.78 is 22.7. The summed E-state index contributed by atoms with van der Waals surface area (Å²) in [7, 11) is 0. The first-order valence-corrected chi connectivity index (χ1v) is 31.9. The highest BCUT2D eigenvalue weighted by molar-refractivity contribution is 7.79. The Bertz CT molecular complexity index is 2430. The lowest BCUT2D eigenvalue weighted by atomic mass is 10.1. The molecule has 0 fully saturated rings. The average Bonchev–Trinajstić information content (AvgIpc) is 4.27. The molecule has 0 unspecified atom stereocenters. The number of unbranched alkanes of at least 4 members (excludes halogenated alkanes) is 3. The van der Waals surface area contributed by atoms with Gasteiger partial charge in [-0.3, -0.25) is 0 Å². The Hall–Kier alpha value is -3.56. The predicted octanol–water partition coefficient (Wildman–Crippen LogP) is 24.6. The summed E-state index contributed by atoms with van der Waals surface area (Å²) in [5.41, 5.74) is 6.07. The number of aryl methyl sites for hydroxylation is 2. The van der Waals surface area contributed by atoms with Crippen LogP contribution in [0.4, 0.5) is 4.39 Å². The van der Waals surface area contributed by atoms with E-state index in [0.29, 0.717) is 0 Å². The topological polar surface area (TPSA) is 26.3 Å². The Labute approximate surface area is 459 Å². The summed E-state index contributed by atoms with van der Waals surface area (Å²) in [4.78, 5) is 9.28. The Morgan fingerprint density at radius 3 is 1.24 bits per heavy atom. The molecule has 0 bridgehead atoms. The van der Waals surface area contributed by atoms with Crippen LogP contribution in [0.2, 0.25) is 0 Å². The lowest BCUT2D eigenvalue weighted by Crippen LogP contribution is -1.80. The maximum Gasteiger partial charge on any atom is 0.177 e. The molecule has 10 heterocycles. The molecule has 0 aliphatic heterocycles. The molecule has 0 aliphatic rings. The van der Waals surface area contributed by atoms with Crippen LogP contribution in [0.1, 0.15) is 117 Å². The van der Waals surface area contributed by atoms with Crippen LogP contribution in [0, 0.1) is 12.1 Å². The van der Waals surface area contributed by atoms with E-state index in [1.54, 1.807) is 86.4 Å². The van der Waals surface area contributed by atoms with E-state index < -0.39 is 0 Å². The van der Waals surface area contributed by atoms with Gasteiger partial charge < -0.3 is 8.83 Å². The van der Waals surface area contributed by atoms with Crippen molar-refractivity contribution < 1.29 is 13.2 Å². The average molecular weight is 1110 g/mol. The molecular formula is C58H75FO2S9. The Morgan fingerprint density at radius 1 is 0.457 bits per heavy atom. The molecule has 380 valence electrons. The molecule has 2 nitrogen and oxygen atoms in total. The van der Waals surface area contributed by atoms with Crippen molar-refractivity contribution in [3.05, 3.63) is 173 Å². The Balaban J connectivity index is 0.000000421. The highest BCUT2D eigenvalue weighted by Gasteiger charge is 2.05. The second kappa shape index (κ2) is 42.0. The van der Waals surface area contributed by atoms with Crippen LogP contribution in [0.3, 0.4) is 0 Å². The largest absolute Gasteiger partial charge is 0.472 e. The van der Waals surface area contributed by atoms with Gasteiger partial charge in [0.25, 0.3) is 0 Å². The smallest absolute Gasteiger partial charge is 0.177 e. The molecular weight excluding hydrogens is 1040 g/mol. The number of thiol groups is 1. The van der Waals surface area contributed by atoms with Crippen molar-refractivity contribution in [3.63, 3.8) is 0 Å². The van der Waals surface area contributed by atoms with Gasteiger partial charge in [-0.1, -0.05) is 126 Å². The summed E-state index contributed by atoms with van der Waals surface area (Å²) in [6.45, 7) is 24.2. The summed E-state index contributed by atoms with van der Waals surface area (Å²) >= 11 is 17.8. The van der Waals surface area contributed by atoms with Gasteiger partial charge in [0.15, 0.2) is 5.13 Å². The fourth-order valence-corrected chi connectivity index (χ4v) is 12.0. The predicted molar refractivity (Wildman–Crippen MR) is 329 cm³/mol. The van der Waals surface area contributed by atoms with Gasteiger partial charge in [0, 0.05) is 73.1 Å². The summed E-state index contributed by atoms with van der Waals surface area (Å²) in [5.74, 6) is 1.81. The molecule has 10 aromatic rings. The zero-order chi connectivity index (χ0) is 51.8. The molecule has 0 atom stereocenters. The van der Waals surface area contributed by atoms with Crippen molar-refractivity contribution in [2.45, 2.75) is 121 Å². The molecule has 0 saturated heterocycles. The summed E-state index contributed by atoms with van der Waals surface area (Å²) in [5, 5.41) is 16.6. The van der Waals surface area contributed by atoms with Crippen LogP contribution in [0.25, 0.3) is 52.2 Å². The maximum atomic E-state index is 12.5. The van der Waals surface area contributed by atoms with Gasteiger partial charge in [-0.05, 0) is 118 Å². The van der Waals surface area contributed by atoms with Crippen molar-refractivity contribution in [2.75, 3.05) is 0 Å². The third kappa shape index (κ3) is 24.7. The monoisotopic (exact) mass is 1110 g/mol. The lowest BCUT2D eigenvalue weighted by molar-refractivity contribution is 0.535. The first-order chi connectivity index (χ1) is 34.5. The van der Waals surface area contributed by atoms with Gasteiger partial charge in [0.1, 0.15) is 5.76 Å². The van der Waals surface area contributed by atoms with Crippen LogP contribution < -0.4 is 0 Å². The highest BCUT2D eigenvalue weighted by atomic mass is 32.1. The molecule has 0 radical (unpaired) electrons. The minimum Gasteiger partial charge on any atom is -0.472 e. The van der Waals surface area contributed by atoms with Gasteiger partial charge in [0.2, 0.25) is 0 Å². The Morgan fingerprint density at radius 2 is 0.886 bits per heavy atom. The second-order valence-corrected chi connectivity index (χ2v) is 21.0. The van der Waals surface area contributed by atoms with Crippen LogP contribution in [0.5, 0.6) is 0 Å². The van der Waals surface area contributed by atoms with Crippen LogP contribution in [-0.4, -0.2) is 0 Å². The van der Waals surface area contributed by atoms with E-state index in [1.807, 2.05) is 146 Å². The van der Waals surface area contributed by atoms with E-state index >= 15 is 0 Å². The van der Waals surface area contributed by atoms with Crippen LogP contribution in [-0.2, 0) is 12.2 Å². The molecule has 0 aliphatic carbocycles. The molecule has 10 aromatic heterocycles. The quantitative estimate of drug-likeness (QED) is 0.103. The van der Waals surface area contributed by atoms with Crippen molar-refractivity contribution in [1.82, 2.24) is 0 Å². The lowest BCUT2D eigenvalue weighted by Gasteiger charge is -1.96. The number of rotatable bonds is 11. The van der Waals surface area contributed by atoms with Crippen LogP contribution in [0.15, 0.2) is 162 Å². The summed E-state index contributed by atoms with van der Waals surface area (Å²) in [6.07, 6.45) is 11.9. The number of thiophene rings is 8. The normalized spacial score (nSPS) is 9.34. The minimum absolute atomic E-state index is 0.117. The van der Waals surface area contributed by atoms with Crippen molar-refractivity contribution in [1.29, 1.82) is 0 Å².